The summed E-state index contributed by atoms with van der Waals surface area (Å²) in [5, 5.41) is 2.82. The molecule has 21 heavy (non-hydrogen) atoms. The number of amides is 1. The van der Waals surface area contributed by atoms with Crippen LogP contribution in [0.4, 0.5) is 5.69 Å². The summed E-state index contributed by atoms with van der Waals surface area (Å²) in [7, 11) is 1.59. The van der Waals surface area contributed by atoms with Crippen LogP contribution in [0.25, 0.3) is 0 Å². The molecule has 5 nitrogen and oxygen atoms in total. The second-order valence-corrected chi connectivity index (χ2v) is 5.22. The van der Waals surface area contributed by atoms with Gasteiger partial charge in [0.05, 0.1) is 12.7 Å². The van der Waals surface area contributed by atoms with Crippen LogP contribution < -0.4 is 19.5 Å². The second kappa shape index (κ2) is 5.65. The van der Waals surface area contributed by atoms with E-state index >= 15 is 0 Å². The number of benzene rings is 2. The van der Waals surface area contributed by atoms with Gasteiger partial charge in [0.15, 0.2) is 11.5 Å². The number of carbonyl (C=O) groups is 1. The molecule has 0 aliphatic carbocycles. The molecule has 0 radical (unpaired) electrons. The van der Waals surface area contributed by atoms with Gasteiger partial charge >= 0.3 is 0 Å². The van der Waals surface area contributed by atoms with Gasteiger partial charge in [-0.3, -0.25) is 4.79 Å². The van der Waals surface area contributed by atoms with Crippen molar-refractivity contribution < 1.29 is 19.0 Å². The first-order valence-electron chi connectivity index (χ1n) is 6.22. The quantitative estimate of drug-likeness (QED) is 0.922. The molecule has 0 saturated heterocycles. The van der Waals surface area contributed by atoms with E-state index in [9.17, 15) is 4.79 Å². The number of hydrogen-bond acceptors (Lipinski definition) is 4. The molecular weight excluding hydrogens is 338 g/mol. The first kappa shape index (κ1) is 13.8. The van der Waals surface area contributed by atoms with Gasteiger partial charge in [-0.25, -0.2) is 0 Å². The predicted octanol–water partition coefficient (Wildman–Crippen LogP) is 3.44. The van der Waals surface area contributed by atoms with E-state index in [2.05, 4.69) is 21.2 Å². The molecule has 0 atom stereocenters. The molecule has 1 N–H and O–H groups in total. The molecule has 0 unspecified atom stereocenters. The van der Waals surface area contributed by atoms with E-state index in [-0.39, 0.29) is 12.7 Å². The molecule has 0 aromatic heterocycles. The molecular formula is C15H12BrNO4. The zero-order valence-electron chi connectivity index (χ0n) is 11.2. The van der Waals surface area contributed by atoms with Crippen LogP contribution in [0.5, 0.6) is 17.2 Å². The largest absolute Gasteiger partial charge is 0.497 e. The van der Waals surface area contributed by atoms with Gasteiger partial charge < -0.3 is 19.5 Å². The fourth-order valence-electron chi connectivity index (χ4n) is 1.96. The molecule has 108 valence electrons. The summed E-state index contributed by atoms with van der Waals surface area (Å²) in [4.78, 5) is 12.3. The van der Waals surface area contributed by atoms with E-state index < -0.39 is 0 Å². The number of nitrogens with one attached hydrogen (secondary N) is 1. The van der Waals surface area contributed by atoms with Crippen LogP contribution >= 0.6 is 15.9 Å². The molecule has 1 aliphatic rings. The van der Waals surface area contributed by atoms with E-state index in [1.807, 2.05) is 0 Å². The SMILES string of the molecule is COc1ccc(NC(=O)c2cc3c(cc2Br)OCO3)cc1. The summed E-state index contributed by atoms with van der Waals surface area (Å²) in [6.07, 6.45) is 0. The molecule has 2 aromatic rings. The van der Waals surface area contributed by atoms with E-state index in [0.29, 0.717) is 27.2 Å². The number of rotatable bonds is 3. The van der Waals surface area contributed by atoms with Crippen LogP contribution in [0.3, 0.4) is 0 Å². The third-order valence-electron chi connectivity index (χ3n) is 3.05. The Hall–Kier alpha value is -2.21. The average Bonchev–Trinajstić information content (AvgIpc) is 2.94. The highest BCUT2D eigenvalue weighted by molar-refractivity contribution is 9.10. The Balaban J connectivity index is 1.81. The van der Waals surface area contributed by atoms with Crippen molar-refractivity contribution in [1.82, 2.24) is 0 Å². The minimum atomic E-state index is -0.231. The Morgan fingerprint density at radius 3 is 2.52 bits per heavy atom. The molecule has 2 aromatic carbocycles. The zero-order valence-corrected chi connectivity index (χ0v) is 12.8. The van der Waals surface area contributed by atoms with Gasteiger partial charge in [0.1, 0.15) is 5.75 Å². The van der Waals surface area contributed by atoms with Crippen LogP contribution in [0.1, 0.15) is 10.4 Å². The lowest BCUT2D eigenvalue weighted by Gasteiger charge is -2.08. The molecule has 0 spiro atoms. The zero-order chi connectivity index (χ0) is 14.8. The van der Waals surface area contributed by atoms with Gasteiger partial charge in [0.25, 0.3) is 5.91 Å². The average molecular weight is 350 g/mol. The lowest BCUT2D eigenvalue weighted by Crippen LogP contribution is -2.12. The van der Waals surface area contributed by atoms with Gasteiger partial charge in [0, 0.05) is 10.2 Å². The summed E-state index contributed by atoms with van der Waals surface area (Å²) in [5.41, 5.74) is 1.17. The van der Waals surface area contributed by atoms with E-state index in [1.54, 1.807) is 43.5 Å². The normalized spacial score (nSPS) is 12.1. The van der Waals surface area contributed by atoms with Gasteiger partial charge in [-0.15, -0.1) is 0 Å². The second-order valence-electron chi connectivity index (χ2n) is 4.37. The van der Waals surface area contributed by atoms with Gasteiger partial charge in [0.2, 0.25) is 6.79 Å². The standard InChI is InChI=1S/C15H12BrNO4/c1-19-10-4-2-9(3-5-10)17-15(18)11-6-13-14(7-12(11)16)21-8-20-13/h2-7H,8H2,1H3,(H,17,18). The molecule has 3 rings (SSSR count). The van der Waals surface area contributed by atoms with Gasteiger partial charge in [-0.1, -0.05) is 0 Å². The van der Waals surface area contributed by atoms with Crippen LogP contribution in [0.2, 0.25) is 0 Å². The number of ether oxygens (including phenoxy) is 3. The van der Waals surface area contributed by atoms with E-state index in [4.69, 9.17) is 14.2 Å². The van der Waals surface area contributed by atoms with Gasteiger partial charge in [-0.05, 0) is 52.3 Å². The van der Waals surface area contributed by atoms with Crippen molar-refractivity contribution >= 4 is 27.5 Å². The molecule has 0 bridgehead atoms. The van der Waals surface area contributed by atoms with Crippen LogP contribution in [-0.4, -0.2) is 19.8 Å². The van der Waals surface area contributed by atoms with Crippen molar-refractivity contribution in [3.63, 3.8) is 0 Å². The molecule has 0 fully saturated rings. The van der Waals surface area contributed by atoms with Crippen LogP contribution in [0.15, 0.2) is 40.9 Å². The highest BCUT2D eigenvalue weighted by Crippen LogP contribution is 2.37. The van der Waals surface area contributed by atoms with Crippen molar-refractivity contribution in [2.24, 2.45) is 0 Å². The first-order valence-corrected chi connectivity index (χ1v) is 7.01. The third kappa shape index (κ3) is 2.80. The third-order valence-corrected chi connectivity index (χ3v) is 3.71. The maximum atomic E-state index is 12.3. The number of carbonyl (C=O) groups excluding carboxylic acids is 1. The summed E-state index contributed by atoms with van der Waals surface area (Å²) in [6, 6.07) is 10.5. The fourth-order valence-corrected chi connectivity index (χ4v) is 2.47. The minimum Gasteiger partial charge on any atom is -0.497 e. The number of hydrogen-bond donors (Lipinski definition) is 1. The lowest BCUT2D eigenvalue weighted by atomic mass is 10.2. The Morgan fingerprint density at radius 2 is 1.86 bits per heavy atom. The Morgan fingerprint density at radius 1 is 1.19 bits per heavy atom. The lowest BCUT2D eigenvalue weighted by molar-refractivity contribution is 0.102. The maximum absolute atomic E-state index is 12.3. The molecule has 1 amide bonds. The van der Waals surface area contributed by atoms with Crippen molar-refractivity contribution in [2.75, 3.05) is 19.2 Å². The highest BCUT2D eigenvalue weighted by Gasteiger charge is 2.19. The number of anilines is 1. The Kier molecular flexibility index (Phi) is 3.70. The van der Waals surface area contributed by atoms with Crippen molar-refractivity contribution in [3.8, 4) is 17.2 Å². The monoisotopic (exact) mass is 349 g/mol. The molecule has 1 aliphatic heterocycles. The Bertz CT molecular complexity index is 685. The summed E-state index contributed by atoms with van der Waals surface area (Å²) < 4.78 is 16.3. The highest BCUT2D eigenvalue weighted by atomic mass is 79.9. The van der Waals surface area contributed by atoms with Crippen LogP contribution in [0, 0.1) is 0 Å². The van der Waals surface area contributed by atoms with Gasteiger partial charge in [-0.2, -0.15) is 0 Å². The molecule has 1 heterocycles. The molecule has 6 heteroatoms. The summed E-state index contributed by atoms with van der Waals surface area (Å²) in [6.45, 7) is 0.172. The van der Waals surface area contributed by atoms with Crippen molar-refractivity contribution in [2.45, 2.75) is 0 Å². The number of fused-ring (bicyclic) bond motifs is 1. The van der Waals surface area contributed by atoms with Crippen molar-refractivity contribution in [3.05, 3.63) is 46.4 Å². The molecule has 0 saturated carbocycles. The fraction of sp³-hybridized carbons (Fsp3) is 0.133. The first-order chi connectivity index (χ1) is 10.2. The minimum absolute atomic E-state index is 0.172. The van der Waals surface area contributed by atoms with E-state index in [0.717, 1.165) is 5.75 Å². The predicted molar refractivity (Wildman–Crippen MR) is 81.2 cm³/mol. The topological polar surface area (TPSA) is 56.8 Å². The Labute approximate surface area is 129 Å². The smallest absolute Gasteiger partial charge is 0.256 e. The number of methoxy groups -OCH3 is 1. The summed E-state index contributed by atoms with van der Waals surface area (Å²) >= 11 is 3.37. The van der Waals surface area contributed by atoms with Crippen LogP contribution in [-0.2, 0) is 0 Å². The summed E-state index contributed by atoms with van der Waals surface area (Å²) in [5.74, 6) is 1.70. The van der Waals surface area contributed by atoms with E-state index in [1.165, 1.54) is 0 Å². The maximum Gasteiger partial charge on any atom is 0.256 e. The van der Waals surface area contributed by atoms with Crippen molar-refractivity contribution in [1.29, 1.82) is 0 Å². The number of halogens is 1.